The third-order valence-corrected chi connectivity index (χ3v) is 6.07. The molecule has 2 nitrogen and oxygen atoms in total. The predicted octanol–water partition coefficient (Wildman–Crippen LogP) is 8.09. The summed E-state index contributed by atoms with van der Waals surface area (Å²) in [6, 6.07) is 0. The van der Waals surface area contributed by atoms with Crippen LogP contribution in [0.2, 0.25) is 0 Å². The van der Waals surface area contributed by atoms with Crippen molar-refractivity contribution in [3.8, 4) is 0 Å². The molecule has 0 amide bonds. The van der Waals surface area contributed by atoms with Gasteiger partial charge >= 0.3 is 0 Å². The van der Waals surface area contributed by atoms with Gasteiger partial charge in [0.15, 0.2) is 0 Å². The average molecular weight is 379 g/mol. The smallest absolute Gasteiger partial charge is 0.101 e. The van der Waals surface area contributed by atoms with Crippen LogP contribution in [0, 0.1) is 0 Å². The van der Waals surface area contributed by atoms with Crippen LogP contribution in [0.15, 0.2) is 12.4 Å². The Morgan fingerprint density at radius 2 is 0.852 bits per heavy atom. The lowest BCUT2D eigenvalue weighted by molar-refractivity contribution is 0.135. The summed E-state index contributed by atoms with van der Waals surface area (Å²) in [6.45, 7) is 9.42. The normalized spacial score (nSPS) is 16.6. The second-order valence-electron chi connectivity index (χ2n) is 8.64. The summed E-state index contributed by atoms with van der Waals surface area (Å²) < 4.78 is 0. The summed E-state index contributed by atoms with van der Waals surface area (Å²) in [5.41, 5.74) is 0. The molecule has 2 heteroatoms. The minimum atomic E-state index is 0.647. The Hall–Kier alpha value is -0.660. The molecular formula is C25H50N2. The maximum Gasteiger partial charge on any atom is 0.101 e. The Bertz CT molecular complexity index is 339. The molecule has 0 aromatic carbocycles. The number of unbranched alkanes of at least 4 members (excludes halogenated alkanes) is 13. The fraction of sp³-hybridized carbons (Fsp3) is 0.920. The van der Waals surface area contributed by atoms with Crippen molar-refractivity contribution in [3.05, 3.63) is 12.4 Å². The number of nitrogens with zero attached hydrogens (tertiary/aromatic N) is 2. The molecule has 0 N–H and O–H groups in total. The highest BCUT2D eigenvalue weighted by Crippen LogP contribution is 2.23. The van der Waals surface area contributed by atoms with Crippen molar-refractivity contribution in [2.24, 2.45) is 0 Å². The summed E-state index contributed by atoms with van der Waals surface area (Å²) in [4.78, 5) is 5.31. The van der Waals surface area contributed by atoms with Crippen LogP contribution in [0.1, 0.15) is 130 Å². The summed E-state index contributed by atoms with van der Waals surface area (Å²) in [6.07, 6.45) is 29.1. The van der Waals surface area contributed by atoms with E-state index in [4.69, 9.17) is 0 Å². The van der Waals surface area contributed by atoms with E-state index in [1.54, 1.807) is 0 Å². The molecule has 0 bridgehead atoms. The molecule has 1 unspecified atom stereocenters. The van der Waals surface area contributed by atoms with E-state index < -0.39 is 0 Å². The molecule has 0 saturated carbocycles. The topological polar surface area (TPSA) is 6.48 Å². The number of rotatable bonds is 19. The zero-order valence-electron chi connectivity index (χ0n) is 19.1. The maximum absolute atomic E-state index is 2.66. The molecule has 0 radical (unpaired) electrons. The van der Waals surface area contributed by atoms with Crippen LogP contribution >= 0.6 is 0 Å². The molecule has 1 heterocycles. The first-order valence-corrected chi connectivity index (χ1v) is 12.5. The van der Waals surface area contributed by atoms with Crippen LogP contribution in [0.4, 0.5) is 0 Å². The lowest BCUT2D eigenvalue weighted by Crippen LogP contribution is -2.39. The van der Waals surface area contributed by atoms with Gasteiger partial charge in [-0.2, -0.15) is 0 Å². The molecule has 0 aromatic heterocycles. The first-order valence-electron chi connectivity index (χ1n) is 12.5. The molecule has 0 saturated heterocycles. The molecule has 0 spiro atoms. The summed E-state index contributed by atoms with van der Waals surface area (Å²) >= 11 is 0. The van der Waals surface area contributed by atoms with Gasteiger partial charge in [-0.15, -0.1) is 0 Å². The lowest BCUT2D eigenvalue weighted by atomic mass is 10.1. The largest absolute Gasteiger partial charge is 0.356 e. The van der Waals surface area contributed by atoms with Crippen molar-refractivity contribution < 1.29 is 0 Å². The third-order valence-electron chi connectivity index (χ3n) is 6.07. The summed E-state index contributed by atoms with van der Waals surface area (Å²) in [7, 11) is 0. The lowest BCUT2D eigenvalue weighted by Gasteiger charge is -2.33. The molecule has 0 aromatic rings. The van der Waals surface area contributed by atoms with Crippen LogP contribution in [-0.2, 0) is 0 Å². The quantitative estimate of drug-likeness (QED) is 0.209. The second-order valence-corrected chi connectivity index (χ2v) is 8.64. The van der Waals surface area contributed by atoms with E-state index in [-0.39, 0.29) is 0 Å². The Kier molecular flexibility index (Phi) is 15.7. The van der Waals surface area contributed by atoms with E-state index in [0.717, 1.165) is 0 Å². The Morgan fingerprint density at radius 3 is 1.33 bits per heavy atom. The van der Waals surface area contributed by atoms with Crippen molar-refractivity contribution in [2.75, 3.05) is 13.1 Å². The van der Waals surface area contributed by atoms with E-state index in [9.17, 15) is 0 Å². The van der Waals surface area contributed by atoms with E-state index >= 15 is 0 Å². The van der Waals surface area contributed by atoms with E-state index in [1.165, 1.54) is 122 Å². The summed E-state index contributed by atoms with van der Waals surface area (Å²) in [5.74, 6) is 0. The van der Waals surface area contributed by atoms with Gasteiger partial charge in [-0.1, -0.05) is 104 Å². The third kappa shape index (κ3) is 11.7. The molecule has 1 aliphatic heterocycles. The first-order chi connectivity index (χ1) is 13.3. The van der Waals surface area contributed by atoms with Crippen molar-refractivity contribution in [3.63, 3.8) is 0 Å². The van der Waals surface area contributed by atoms with Crippen LogP contribution in [0.5, 0.6) is 0 Å². The monoisotopic (exact) mass is 378 g/mol. The standard InChI is InChI=1S/C25H50N2/c1-4-7-10-13-14-15-17-20-25-26(21-18-12-9-6-3)23-24-27(25)22-19-16-11-8-5-2/h23-25H,4-22H2,1-3H3. The highest BCUT2D eigenvalue weighted by molar-refractivity contribution is 4.96. The average Bonchev–Trinajstić information content (AvgIpc) is 3.06. The van der Waals surface area contributed by atoms with Gasteiger partial charge < -0.3 is 9.80 Å². The van der Waals surface area contributed by atoms with Gasteiger partial charge in [0.25, 0.3) is 0 Å². The van der Waals surface area contributed by atoms with E-state index in [1.807, 2.05) is 0 Å². The van der Waals surface area contributed by atoms with Crippen LogP contribution in [-0.4, -0.2) is 29.1 Å². The summed E-state index contributed by atoms with van der Waals surface area (Å²) in [5, 5.41) is 0. The highest BCUT2D eigenvalue weighted by atomic mass is 15.4. The van der Waals surface area contributed by atoms with Crippen molar-refractivity contribution in [1.29, 1.82) is 0 Å². The zero-order chi connectivity index (χ0) is 19.6. The van der Waals surface area contributed by atoms with Gasteiger partial charge in [-0.3, -0.25) is 0 Å². The highest BCUT2D eigenvalue weighted by Gasteiger charge is 2.24. The molecule has 160 valence electrons. The first kappa shape index (κ1) is 24.4. The van der Waals surface area contributed by atoms with Gasteiger partial charge in [-0.05, 0) is 25.7 Å². The van der Waals surface area contributed by atoms with E-state index in [0.29, 0.717) is 6.17 Å². The van der Waals surface area contributed by atoms with Gasteiger partial charge in [0.05, 0.1) is 0 Å². The zero-order valence-corrected chi connectivity index (χ0v) is 19.1. The molecule has 1 rings (SSSR count). The van der Waals surface area contributed by atoms with Gasteiger partial charge in [0.2, 0.25) is 0 Å². The van der Waals surface area contributed by atoms with Crippen molar-refractivity contribution in [1.82, 2.24) is 9.80 Å². The van der Waals surface area contributed by atoms with Gasteiger partial charge in [0, 0.05) is 25.5 Å². The predicted molar refractivity (Wildman–Crippen MR) is 122 cm³/mol. The maximum atomic E-state index is 2.66. The Labute approximate surface area is 171 Å². The SMILES string of the molecule is CCCCCCCCCC1N(CCCCCC)C=CN1CCCCCCC. The number of hydrogen-bond donors (Lipinski definition) is 0. The molecule has 27 heavy (non-hydrogen) atoms. The Balaban J connectivity index is 2.31. The van der Waals surface area contributed by atoms with Crippen LogP contribution in [0.3, 0.4) is 0 Å². The van der Waals surface area contributed by atoms with Crippen molar-refractivity contribution >= 4 is 0 Å². The molecule has 0 fully saturated rings. The Morgan fingerprint density at radius 1 is 0.481 bits per heavy atom. The molecule has 0 aliphatic carbocycles. The minimum absolute atomic E-state index is 0.647. The number of hydrogen-bond acceptors (Lipinski definition) is 2. The van der Waals surface area contributed by atoms with Crippen LogP contribution in [0.25, 0.3) is 0 Å². The minimum Gasteiger partial charge on any atom is -0.356 e. The fourth-order valence-corrected chi connectivity index (χ4v) is 4.24. The van der Waals surface area contributed by atoms with Crippen LogP contribution < -0.4 is 0 Å². The van der Waals surface area contributed by atoms with Gasteiger partial charge in [0.1, 0.15) is 6.17 Å². The fourth-order valence-electron chi connectivity index (χ4n) is 4.24. The van der Waals surface area contributed by atoms with E-state index in [2.05, 4.69) is 43.0 Å². The molecular weight excluding hydrogens is 328 g/mol. The van der Waals surface area contributed by atoms with Gasteiger partial charge in [-0.25, -0.2) is 0 Å². The van der Waals surface area contributed by atoms with Crippen molar-refractivity contribution in [2.45, 2.75) is 136 Å². The second kappa shape index (κ2) is 17.4. The molecule has 1 aliphatic rings. The molecule has 1 atom stereocenters.